The number of benzene rings is 7. The lowest BCUT2D eigenvalue weighted by Gasteiger charge is -2.26. The Balaban J connectivity index is 1.10. The molecule has 8 nitrogen and oxygen atoms in total. The molecule has 7 rings (SSSR count). The number of ether oxygens (including phenoxy) is 4. The van der Waals surface area contributed by atoms with Crippen LogP contribution in [0.3, 0.4) is 0 Å². The Hall–Kier alpha value is -8.20. The quantitative estimate of drug-likeness (QED) is 0.0627. The second-order valence-corrected chi connectivity index (χ2v) is 17.4. The Morgan fingerprint density at radius 1 is 0.412 bits per heavy atom. The monoisotopic (exact) mass is 898 g/mol. The summed E-state index contributed by atoms with van der Waals surface area (Å²) < 4.78 is 23.7. The van der Waals surface area contributed by atoms with Crippen molar-refractivity contribution in [1.82, 2.24) is 0 Å². The maximum atomic E-state index is 10.3. The molecule has 0 aromatic heterocycles. The summed E-state index contributed by atoms with van der Waals surface area (Å²) in [7, 11) is 0. The van der Waals surface area contributed by atoms with Crippen LogP contribution in [0.15, 0.2) is 158 Å². The molecule has 0 aliphatic heterocycles. The Bertz CT molecular complexity index is 2580. The highest BCUT2D eigenvalue weighted by Gasteiger charge is 2.16. The molecule has 68 heavy (non-hydrogen) atoms. The minimum atomic E-state index is 0.0771. The molecular weight excluding hydrogens is 841 g/mol. The number of hydrogen-bond donors (Lipinski definition) is 0. The van der Waals surface area contributed by atoms with Crippen LogP contribution in [-0.2, 0) is 0 Å². The molecule has 342 valence electrons. The first kappa shape index (κ1) is 47.8. The molecule has 8 heteroatoms. The van der Waals surface area contributed by atoms with Gasteiger partial charge >= 0.3 is 0 Å². The fourth-order valence-electron chi connectivity index (χ4n) is 7.61. The first-order valence-corrected chi connectivity index (χ1v) is 23.0. The zero-order valence-corrected chi connectivity index (χ0v) is 40.1. The Morgan fingerprint density at radius 2 is 0.691 bits per heavy atom. The van der Waals surface area contributed by atoms with Crippen LogP contribution in [0.4, 0.5) is 39.8 Å². The zero-order valence-electron chi connectivity index (χ0n) is 40.1. The standard InChI is InChI=1S/C60H58N4O4/c1-41(2)65-56-30-22-52(23-31-56)63(53-24-32-57(33-25-53)66-42(3)4)50-18-12-45(13-19-50)10-16-47-39-60(62-9)48(38-49(47)40-61)17-11-46-14-20-51(21-15-46)64(54-26-34-58(35-27-54)67-43(5)6)55-28-36-59(37-29-55)68-44(7)8/h10-39,41-44H,1-8H3. The molecule has 0 aliphatic rings. The zero-order chi connectivity index (χ0) is 48.2. The van der Waals surface area contributed by atoms with E-state index in [2.05, 4.69) is 93.5 Å². The van der Waals surface area contributed by atoms with E-state index in [1.165, 1.54) is 0 Å². The van der Waals surface area contributed by atoms with Crippen LogP contribution in [-0.4, -0.2) is 24.4 Å². The van der Waals surface area contributed by atoms with Gasteiger partial charge in [-0.2, -0.15) is 5.26 Å². The summed E-state index contributed by atoms with van der Waals surface area (Å²) >= 11 is 0. The van der Waals surface area contributed by atoms with Gasteiger partial charge in [-0.25, -0.2) is 4.85 Å². The highest BCUT2D eigenvalue weighted by molar-refractivity contribution is 5.84. The van der Waals surface area contributed by atoms with E-state index in [1.54, 1.807) is 12.1 Å². The first-order valence-electron chi connectivity index (χ1n) is 23.0. The molecule has 0 fully saturated rings. The third kappa shape index (κ3) is 12.6. The van der Waals surface area contributed by atoms with Crippen molar-refractivity contribution in [3.63, 3.8) is 0 Å². The van der Waals surface area contributed by atoms with Crippen LogP contribution in [0.1, 0.15) is 83.2 Å². The van der Waals surface area contributed by atoms with Crippen molar-refractivity contribution in [2.45, 2.75) is 79.8 Å². The Labute approximate surface area is 402 Å². The molecule has 0 atom stereocenters. The fourth-order valence-corrected chi connectivity index (χ4v) is 7.61. The lowest BCUT2D eigenvalue weighted by Crippen LogP contribution is -2.11. The van der Waals surface area contributed by atoms with Gasteiger partial charge in [0.2, 0.25) is 0 Å². The average Bonchev–Trinajstić information content (AvgIpc) is 3.32. The molecule has 0 unspecified atom stereocenters. The van der Waals surface area contributed by atoms with E-state index in [0.717, 1.165) is 68.2 Å². The first-order chi connectivity index (χ1) is 32.8. The molecule has 0 saturated carbocycles. The van der Waals surface area contributed by atoms with E-state index < -0.39 is 0 Å². The summed E-state index contributed by atoms with van der Waals surface area (Å²) in [6, 6.07) is 54.8. The number of anilines is 6. The van der Waals surface area contributed by atoms with Crippen molar-refractivity contribution in [2.75, 3.05) is 9.80 Å². The molecule has 0 N–H and O–H groups in total. The fraction of sp³-hybridized carbons (Fsp3) is 0.200. The molecule has 0 amide bonds. The van der Waals surface area contributed by atoms with Crippen LogP contribution in [0.5, 0.6) is 23.0 Å². The molecule has 0 bridgehead atoms. The van der Waals surface area contributed by atoms with E-state index >= 15 is 0 Å². The Kier molecular flexibility index (Phi) is 15.7. The summed E-state index contributed by atoms with van der Waals surface area (Å²) in [6.07, 6.45) is 8.04. The Morgan fingerprint density at radius 3 is 0.956 bits per heavy atom. The maximum absolute atomic E-state index is 10.3. The summed E-state index contributed by atoms with van der Waals surface area (Å²) in [5.41, 5.74) is 10.0. The van der Waals surface area contributed by atoms with Gasteiger partial charge in [-0.15, -0.1) is 0 Å². The van der Waals surface area contributed by atoms with Gasteiger partial charge in [-0.1, -0.05) is 48.6 Å². The summed E-state index contributed by atoms with van der Waals surface area (Å²) in [6.45, 7) is 24.2. The van der Waals surface area contributed by atoms with Gasteiger partial charge in [0, 0.05) is 34.1 Å². The largest absolute Gasteiger partial charge is 0.491 e. The highest BCUT2D eigenvalue weighted by atomic mass is 16.5. The lowest BCUT2D eigenvalue weighted by atomic mass is 10.0. The second-order valence-electron chi connectivity index (χ2n) is 17.4. The van der Waals surface area contributed by atoms with Gasteiger partial charge in [-0.3, -0.25) is 0 Å². The number of hydrogen-bond acceptors (Lipinski definition) is 7. The number of nitrogens with zero attached hydrogens (tertiary/aromatic N) is 4. The van der Waals surface area contributed by atoms with Gasteiger partial charge in [-0.05, 0) is 211 Å². The smallest absolute Gasteiger partial charge is 0.194 e. The third-order valence-electron chi connectivity index (χ3n) is 10.5. The molecule has 7 aromatic rings. The van der Waals surface area contributed by atoms with Crippen molar-refractivity contribution in [1.29, 1.82) is 5.26 Å². The molecule has 0 saturated heterocycles. The van der Waals surface area contributed by atoms with Gasteiger partial charge in [0.25, 0.3) is 0 Å². The molecule has 0 spiro atoms. The van der Waals surface area contributed by atoms with Gasteiger partial charge in [0.15, 0.2) is 5.69 Å². The molecular formula is C60H58N4O4. The van der Waals surface area contributed by atoms with Crippen molar-refractivity contribution in [2.24, 2.45) is 0 Å². The molecule has 0 radical (unpaired) electrons. The van der Waals surface area contributed by atoms with Crippen molar-refractivity contribution in [3.8, 4) is 29.1 Å². The van der Waals surface area contributed by atoms with Crippen LogP contribution in [0, 0.1) is 17.9 Å². The van der Waals surface area contributed by atoms with Gasteiger partial charge in [0.1, 0.15) is 23.0 Å². The van der Waals surface area contributed by atoms with Crippen LogP contribution in [0.25, 0.3) is 29.1 Å². The van der Waals surface area contributed by atoms with Crippen LogP contribution >= 0.6 is 0 Å². The molecule has 0 aliphatic carbocycles. The van der Waals surface area contributed by atoms with Crippen LogP contribution in [0.2, 0.25) is 0 Å². The maximum Gasteiger partial charge on any atom is 0.194 e. The van der Waals surface area contributed by atoms with E-state index in [1.807, 2.05) is 152 Å². The lowest BCUT2D eigenvalue weighted by molar-refractivity contribution is 0.242. The van der Waals surface area contributed by atoms with Crippen molar-refractivity contribution < 1.29 is 18.9 Å². The van der Waals surface area contributed by atoms with Gasteiger partial charge < -0.3 is 28.7 Å². The average molecular weight is 899 g/mol. The predicted molar refractivity (Wildman–Crippen MR) is 281 cm³/mol. The molecule has 0 heterocycles. The summed E-state index contributed by atoms with van der Waals surface area (Å²) in [5.74, 6) is 3.25. The van der Waals surface area contributed by atoms with Crippen LogP contribution < -0.4 is 28.7 Å². The number of rotatable bonds is 18. The highest BCUT2D eigenvalue weighted by Crippen LogP contribution is 2.39. The minimum Gasteiger partial charge on any atom is -0.491 e. The van der Waals surface area contributed by atoms with Crippen molar-refractivity contribution >= 4 is 64.1 Å². The topological polar surface area (TPSA) is 71.6 Å². The normalized spacial score (nSPS) is 11.3. The third-order valence-corrected chi connectivity index (χ3v) is 10.5. The van der Waals surface area contributed by atoms with Crippen molar-refractivity contribution in [3.05, 3.63) is 197 Å². The number of nitriles is 1. The predicted octanol–water partition coefficient (Wildman–Crippen LogP) is 16.5. The van der Waals surface area contributed by atoms with E-state index in [-0.39, 0.29) is 24.4 Å². The SMILES string of the molecule is [C-]#[N+]c1cc(C=Cc2ccc(N(c3ccc(OC(C)C)cc3)c3ccc(OC(C)C)cc3)cc2)c(C#N)cc1C=Cc1ccc(N(c2ccc(OC(C)C)cc2)c2ccc(OC(C)C)cc2)cc1. The minimum absolute atomic E-state index is 0.0771. The van der Waals surface area contributed by atoms with E-state index in [9.17, 15) is 5.26 Å². The molecule has 7 aromatic carbocycles. The summed E-state index contributed by atoms with van der Waals surface area (Å²) in [5, 5.41) is 10.3. The van der Waals surface area contributed by atoms with E-state index in [0.29, 0.717) is 22.4 Å². The second kappa shape index (κ2) is 22.3. The van der Waals surface area contributed by atoms with Gasteiger partial charge in [0.05, 0.1) is 42.6 Å². The van der Waals surface area contributed by atoms with E-state index in [4.69, 9.17) is 25.5 Å². The summed E-state index contributed by atoms with van der Waals surface area (Å²) in [4.78, 5) is 8.23.